The van der Waals surface area contributed by atoms with Crippen LogP contribution in [0.4, 0.5) is 0 Å². The summed E-state index contributed by atoms with van der Waals surface area (Å²) in [5.74, 6) is 0.856. The van der Waals surface area contributed by atoms with Crippen molar-refractivity contribution in [3.05, 3.63) is 65.2 Å². The Hall–Kier alpha value is -2.80. The third-order valence-electron chi connectivity index (χ3n) is 2.98. The van der Waals surface area contributed by atoms with Crippen LogP contribution in [0.2, 0.25) is 0 Å². The molecule has 0 unspecified atom stereocenters. The monoisotopic (exact) mass is 280 g/mol. The number of hydrogen-bond acceptors (Lipinski definition) is 4. The van der Waals surface area contributed by atoms with Gasteiger partial charge in [-0.1, -0.05) is 41.6 Å². The summed E-state index contributed by atoms with van der Waals surface area (Å²) in [4.78, 5) is 4.67. The molecule has 0 radical (unpaired) electrons. The van der Waals surface area contributed by atoms with Gasteiger partial charge in [-0.05, 0) is 30.2 Å². The van der Waals surface area contributed by atoms with Gasteiger partial charge in [0.15, 0.2) is 5.71 Å². The first-order valence-electron chi connectivity index (χ1n) is 6.53. The van der Waals surface area contributed by atoms with Crippen molar-refractivity contribution in [1.29, 1.82) is 5.26 Å². The van der Waals surface area contributed by atoms with E-state index < -0.39 is 0 Å². The number of rotatable bonds is 5. The van der Waals surface area contributed by atoms with Gasteiger partial charge >= 0.3 is 0 Å². The molecular weight excluding hydrogens is 264 g/mol. The normalized spacial score (nSPS) is 10.8. The first kappa shape index (κ1) is 14.6. The van der Waals surface area contributed by atoms with Crippen molar-refractivity contribution < 1.29 is 9.57 Å². The van der Waals surface area contributed by atoms with E-state index in [1.54, 1.807) is 0 Å². The lowest BCUT2D eigenvalue weighted by atomic mass is 10.1. The molecule has 0 amide bonds. The minimum Gasteiger partial charge on any atom is -0.489 e. The lowest BCUT2D eigenvalue weighted by Crippen LogP contribution is -2.01. The van der Waals surface area contributed by atoms with E-state index in [0.717, 1.165) is 16.9 Å². The number of hydrogen-bond donors (Lipinski definition) is 0. The van der Waals surface area contributed by atoms with Crippen molar-refractivity contribution >= 4 is 5.71 Å². The zero-order valence-corrected chi connectivity index (χ0v) is 12.0. The lowest BCUT2D eigenvalue weighted by Gasteiger charge is -2.09. The maximum absolute atomic E-state index is 9.05. The third-order valence-corrected chi connectivity index (χ3v) is 2.98. The maximum atomic E-state index is 9.05. The van der Waals surface area contributed by atoms with Crippen molar-refractivity contribution in [2.75, 3.05) is 7.11 Å². The van der Waals surface area contributed by atoms with E-state index >= 15 is 0 Å². The van der Waals surface area contributed by atoms with Crippen LogP contribution >= 0.6 is 0 Å². The Morgan fingerprint density at radius 1 is 1.19 bits per heavy atom. The number of nitrogens with zero attached hydrogens (tertiary/aromatic N) is 2. The molecule has 0 aromatic heterocycles. The Kier molecular flexibility index (Phi) is 4.94. The molecule has 0 N–H and O–H groups in total. The van der Waals surface area contributed by atoms with Crippen LogP contribution < -0.4 is 4.74 Å². The zero-order valence-electron chi connectivity index (χ0n) is 12.0. The molecule has 0 atom stereocenters. The summed E-state index contributed by atoms with van der Waals surface area (Å²) in [6.45, 7) is 2.44. The summed E-state index contributed by atoms with van der Waals surface area (Å²) in [6, 6.07) is 17.4. The van der Waals surface area contributed by atoms with E-state index in [2.05, 4.69) is 9.99 Å². The van der Waals surface area contributed by atoms with Crippen LogP contribution in [0.3, 0.4) is 0 Å². The molecule has 0 spiro atoms. The summed E-state index contributed by atoms with van der Waals surface area (Å²) in [6.07, 6.45) is 0. The number of oxime groups is 1. The number of benzene rings is 2. The van der Waals surface area contributed by atoms with Crippen molar-refractivity contribution in [2.24, 2.45) is 5.16 Å². The maximum Gasteiger partial charge on any atom is 0.186 e. The van der Waals surface area contributed by atoms with E-state index in [9.17, 15) is 0 Å². The van der Waals surface area contributed by atoms with Gasteiger partial charge in [0.1, 0.15) is 25.5 Å². The summed E-state index contributed by atoms with van der Waals surface area (Å²) >= 11 is 0. The lowest BCUT2D eigenvalue weighted by molar-refractivity contribution is 0.214. The van der Waals surface area contributed by atoms with Crippen molar-refractivity contribution in [1.82, 2.24) is 0 Å². The fraction of sp³-hybridized carbons (Fsp3) is 0.176. The Balaban J connectivity index is 2.14. The predicted molar refractivity (Wildman–Crippen MR) is 81.1 cm³/mol. The smallest absolute Gasteiger partial charge is 0.186 e. The Morgan fingerprint density at radius 2 is 2.00 bits per heavy atom. The molecule has 2 rings (SSSR count). The summed E-state index contributed by atoms with van der Waals surface area (Å²) < 4.78 is 5.80. The van der Waals surface area contributed by atoms with E-state index in [4.69, 9.17) is 10.00 Å². The molecule has 4 heteroatoms. The van der Waals surface area contributed by atoms with E-state index in [1.807, 2.05) is 61.5 Å². The highest BCUT2D eigenvalue weighted by Gasteiger charge is 2.05. The van der Waals surface area contributed by atoms with Crippen molar-refractivity contribution in [3.8, 4) is 11.8 Å². The van der Waals surface area contributed by atoms with Gasteiger partial charge in [-0.25, -0.2) is 0 Å². The first-order valence-corrected chi connectivity index (χ1v) is 6.53. The second-order valence-electron chi connectivity index (χ2n) is 4.49. The van der Waals surface area contributed by atoms with Gasteiger partial charge in [0.25, 0.3) is 0 Å². The molecule has 0 saturated carbocycles. The van der Waals surface area contributed by atoms with Crippen LogP contribution in [0.15, 0.2) is 53.7 Å². The molecule has 0 saturated heterocycles. The average molecular weight is 280 g/mol. The number of para-hydroxylation sites is 1. The second-order valence-corrected chi connectivity index (χ2v) is 4.49. The fourth-order valence-corrected chi connectivity index (χ4v) is 1.92. The zero-order chi connectivity index (χ0) is 15.1. The average Bonchev–Trinajstić information content (AvgIpc) is 2.52. The first-order chi connectivity index (χ1) is 10.2. The molecule has 0 fully saturated rings. The number of aryl methyl sites for hydroxylation is 1. The molecule has 21 heavy (non-hydrogen) atoms. The van der Waals surface area contributed by atoms with Gasteiger partial charge in [0, 0.05) is 5.56 Å². The SMILES string of the molecule is CO/N=C(/C#N)c1cccc(COc2ccccc2C)c1. The highest BCUT2D eigenvalue weighted by atomic mass is 16.6. The van der Waals surface area contributed by atoms with Gasteiger partial charge < -0.3 is 9.57 Å². The molecule has 2 aromatic carbocycles. The third kappa shape index (κ3) is 3.83. The van der Waals surface area contributed by atoms with Crippen LogP contribution in [0.1, 0.15) is 16.7 Å². The van der Waals surface area contributed by atoms with Gasteiger partial charge in [0.05, 0.1) is 0 Å². The van der Waals surface area contributed by atoms with E-state index in [0.29, 0.717) is 12.2 Å². The molecular formula is C17H16N2O2. The van der Waals surface area contributed by atoms with Gasteiger partial charge in [-0.3, -0.25) is 0 Å². The van der Waals surface area contributed by atoms with Crippen LogP contribution in [0.25, 0.3) is 0 Å². The molecule has 0 heterocycles. The quantitative estimate of drug-likeness (QED) is 0.622. The van der Waals surface area contributed by atoms with E-state index in [1.165, 1.54) is 7.11 Å². The van der Waals surface area contributed by atoms with Crippen molar-refractivity contribution in [2.45, 2.75) is 13.5 Å². The topological polar surface area (TPSA) is 54.6 Å². The molecule has 0 aliphatic carbocycles. The van der Waals surface area contributed by atoms with Crippen LogP contribution in [0.5, 0.6) is 5.75 Å². The molecule has 0 bridgehead atoms. The summed E-state index contributed by atoms with van der Waals surface area (Å²) in [7, 11) is 1.42. The van der Waals surface area contributed by atoms with Gasteiger partial charge in [-0.2, -0.15) is 5.26 Å². The highest BCUT2D eigenvalue weighted by Crippen LogP contribution is 2.18. The summed E-state index contributed by atoms with van der Waals surface area (Å²) in [5, 5.41) is 12.8. The molecule has 2 aromatic rings. The largest absolute Gasteiger partial charge is 0.489 e. The van der Waals surface area contributed by atoms with E-state index in [-0.39, 0.29) is 5.71 Å². The summed E-state index contributed by atoms with van der Waals surface area (Å²) in [5.41, 5.74) is 3.02. The molecule has 0 aliphatic heterocycles. The minimum absolute atomic E-state index is 0.246. The Bertz CT molecular complexity index is 687. The van der Waals surface area contributed by atoms with Gasteiger partial charge in [-0.15, -0.1) is 0 Å². The highest BCUT2D eigenvalue weighted by molar-refractivity contribution is 6.11. The van der Waals surface area contributed by atoms with Crippen LogP contribution in [0, 0.1) is 18.3 Å². The standard InChI is InChI=1S/C17H16N2O2/c1-13-6-3-4-9-17(13)21-12-14-7-5-8-15(10-14)16(11-18)19-20-2/h3-10H,12H2,1-2H3/b19-16-. The number of nitriles is 1. The van der Waals surface area contributed by atoms with Crippen LogP contribution in [-0.4, -0.2) is 12.8 Å². The molecule has 4 nitrogen and oxygen atoms in total. The van der Waals surface area contributed by atoms with Crippen LogP contribution in [-0.2, 0) is 11.4 Å². The fourth-order valence-electron chi connectivity index (χ4n) is 1.92. The molecule has 106 valence electrons. The second kappa shape index (κ2) is 7.11. The number of ether oxygens (including phenoxy) is 1. The molecule has 0 aliphatic rings. The Labute approximate surface area is 124 Å². The van der Waals surface area contributed by atoms with Gasteiger partial charge in [0.2, 0.25) is 0 Å². The minimum atomic E-state index is 0.246. The predicted octanol–water partition coefficient (Wildman–Crippen LogP) is 3.45. The Morgan fingerprint density at radius 3 is 2.71 bits per heavy atom. The van der Waals surface area contributed by atoms with Crippen molar-refractivity contribution in [3.63, 3.8) is 0 Å².